The maximum absolute atomic E-state index is 13.6. The normalized spacial score (nSPS) is 15.0. The molecule has 15 heavy (non-hydrogen) atoms. The molecule has 80 valence electrons. The number of carbonyl (C=O) groups is 1. The van der Waals surface area contributed by atoms with E-state index in [9.17, 15) is 9.18 Å². The van der Waals surface area contributed by atoms with E-state index in [-0.39, 0.29) is 17.5 Å². The largest absolute Gasteiger partial charge is 0.332 e. The first-order valence-electron chi connectivity index (χ1n) is 4.79. The van der Waals surface area contributed by atoms with Crippen LogP contribution in [0.15, 0.2) is 16.6 Å². The van der Waals surface area contributed by atoms with E-state index in [0.29, 0.717) is 11.0 Å². The third-order valence-corrected chi connectivity index (χ3v) is 3.03. The number of hydrogen-bond donors (Lipinski definition) is 0. The average molecular weight is 272 g/mol. The Morgan fingerprint density at radius 1 is 1.47 bits per heavy atom. The van der Waals surface area contributed by atoms with Gasteiger partial charge in [-0.3, -0.25) is 4.79 Å². The monoisotopic (exact) mass is 271 g/mol. The Kier molecular flexibility index (Phi) is 2.54. The Bertz CT molecular complexity index is 431. The maximum Gasteiger partial charge on any atom is 0.257 e. The molecule has 0 saturated carbocycles. The van der Waals surface area contributed by atoms with Crippen LogP contribution in [-0.2, 0) is 6.54 Å². The summed E-state index contributed by atoms with van der Waals surface area (Å²) in [5.74, 6) is -0.641. The van der Waals surface area contributed by atoms with Gasteiger partial charge >= 0.3 is 0 Å². The minimum absolute atomic E-state index is 0.100. The second kappa shape index (κ2) is 3.59. The van der Waals surface area contributed by atoms with Gasteiger partial charge in [0.2, 0.25) is 0 Å². The molecule has 0 aromatic heterocycles. The van der Waals surface area contributed by atoms with Gasteiger partial charge in [0.1, 0.15) is 5.82 Å². The van der Waals surface area contributed by atoms with Crippen molar-refractivity contribution in [3.8, 4) is 0 Å². The van der Waals surface area contributed by atoms with Crippen LogP contribution in [0.1, 0.15) is 29.8 Å². The molecule has 0 unspecified atom stereocenters. The molecular weight excluding hydrogens is 261 g/mol. The van der Waals surface area contributed by atoms with Crippen LogP contribution in [0.5, 0.6) is 0 Å². The lowest BCUT2D eigenvalue weighted by atomic mass is 10.1. The molecule has 0 aliphatic carbocycles. The zero-order valence-electron chi connectivity index (χ0n) is 8.55. The van der Waals surface area contributed by atoms with Crippen molar-refractivity contribution in [3.05, 3.63) is 33.5 Å². The van der Waals surface area contributed by atoms with Crippen molar-refractivity contribution >= 4 is 21.8 Å². The standard InChI is InChI=1S/C11H11BrFNO/c1-6(2)14-5-7-3-8(12)4-9(13)10(7)11(14)15/h3-4,6H,5H2,1-2H3. The van der Waals surface area contributed by atoms with Gasteiger partial charge in [-0.2, -0.15) is 0 Å². The second-order valence-corrected chi connectivity index (χ2v) is 4.86. The zero-order valence-corrected chi connectivity index (χ0v) is 10.1. The fraction of sp³-hybridized carbons (Fsp3) is 0.364. The van der Waals surface area contributed by atoms with E-state index in [2.05, 4.69) is 15.9 Å². The highest BCUT2D eigenvalue weighted by molar-refractivity contribution is 9.10. The van der Waals surface area contributed by atoms with Crippen molar-refractivity contribution in [2.45, 2.75) is 26.4 Å². The molecule has 1 amide bonds. The van der Waals surface area contributed by atoms with Gasteiger partial charge in [-0.1, -0.05) is 15.9 Å². The Morgan fingerprint density at radius 3 is 2.73 bits per heavy atom. The third kappa shape index (κ3) is 1.67. The number of carbonyl (C=O) groups excluding carboxylic acids is 1. The first-order chi connectivity index (χ1) is 7.00. The molecule has 1 aromatic carbocycles. The Labute approximate surface area is 96.2 Å². The van der Waals surface area contributed by atoms with E-state index in [1.165, 1.54) is 6.07 Å². The lowest BCUT2D eigenvalue weighted by molar-refractivity contribution is 0.0727. The zero-order chi connectivity index (χ0) is 11.2. The van der Waals surface area contributed by atoms with E-state index >= 15 is 0 Å². The Morgan fingerprint density at radius 2 is 2.13 bits per heavy atom. The molecule has 0 N–H and O–H groups in total. The predicted octanol–water partition coefficient (Wildman–Crippen LogP) is 2.95. The third-order valence-electron chi connectivity index (χ3n) is 2.58. The maximum atomic E-state index is 13.6. The first kappa shape index (κ1) is 10.6. The average Bonchev–Trinajstić information content (AvgIpc) is 2.42. The lowest BCUT2D eigenvalue weighted by Gasteiger charge is -2.19. The van der Waals surface area contributed by atoms with Gasteiger partial charge < -0.3 is 4.90 Å². The number of rotatable bonds is 1. The van der Waals surface area contributed by atoms with Crippen molar-refractivity contribution in [1.82, 2.24) is 4.90 Å². The summed E-state index contributed by atoms with van der Waals surface area (Å²) in [5, 5.41) is 0. The van der Waals surface area contributed by atoms with Crippen LogP contribution >= 0.6 is 15.9 Å². The highest BCUT2D eigenvalue weighted by Gasteiger charge is 2.32. The highest BCUT2D eigenvalue weighted by atomic mass is 79.9. The van der Waals surface area contributed by atoms with Crippen LogP contribution in [0.4, 0.5) is 4.39 Å². The van der Waals surface area contributed by atoms with Gasteiger partial charge in [-0.05, 0) is 31.5 Å². The van der Waals surface area contributed by atoms with Crippen LogP contribution in [0.25, 0.3) is 0 Å². The minimum Gasteiger partial charge on any atom is -0.332 e. The molecule has 1 aliphatic rings. The smallest absolute Gasteiger partial charge is 0.257 e. The van der Waals surface area contributed by atoms with Gasteiger partial charge in [-0.25, -0.2) is 4.39 Å². The quantitative estimate of drug-likeness (QED) is 0.769. The summed E-state index contributed by atoms with van der Waals surface area (Å²) in [6.45, 7) is 4.36. The molecule has 0 spiro atoms. The second-order valence-electron chi connectivity index (χ2n) is 3.95. The molecule has 0 bridgehead atoms. The fourth-order valence-electron chi connectivity index (χ4n) is 1.81. The minimum atomic E-state index is -0.437. The Balaban J connectivity index is 2.50. The van der Waals surface area contributed by atoms with Gasteiger partial charge in [0.05, 0.1) is 5.56 Å². The van der Waals surface area contributed by atoms with Crippen LogP contribution in [-0.4, -0.2) is 16.8 Å². The summed E-state index contributed by atoms with van der Waals surface area (Å²) in [7, 11) is 0. The molecule has 2 rings (SSSR count). The SMILES string of the molecule is CC(C)N1Cc2cc(Br)cc(F)c2C1=O. The van der Waals surface area contributed by atoms with Crippen molar-refractivity contribution in [2.24, 2.45) is 0 Å². The first-order valence-corrected chi connectivity index (χ1v) is 5.59. The van der Waals surface area contributed by atoms with E-state index in [0.717, 1.165) is 5.56 Å². The number of amides is 1. The number of nitrogens with zero attached hydrogens (tertiary/aromatic N) is 1. The number of hydrogen-bond acceptors (Lipinski definition) is 1. The lowest BCUT2D eigenvalue weighted by Crippen LogP contribution is -2.31. The molecule has 1 heterocycles. The van der Waals surface area contributed by atoms with Gasteiger partial charge in [0.15, 0.2) is 0 Å². The summed E-state index contributed by atoms with van der Waals surface area (Å²) < 4.78 is 14.2. The van der Waals surface area contributed by atoms with Crippen molar-refractivity contribution in [2.75, 3.05) is 0 Å². The molecule has 0 atom stereocenters. The topological polar surface area (TPSA) is 20.3 Å². The van der Waals surface area contributed by atoms with Crippen LogP contribution in [0.2, 0.25) is 0 Å². The molecule has 1 aliphatic heterocycles. The molecule has 0 radical (unpaired) electrons. The highest BCUT2D eigenvalue weighted by Crippen LogP contribution is 2.29. The van der Waals surface area contributed by atoms with Crippen molar-refractivity contribution in [1.29, 1.82) is 0 Å². The molecule has 0 fully saturated rings. The van der Waals surface area contributed by atoms with E-state index in [1.807, 2.05) is 13.8 Å². The number of halogens is 2. The molecule has 0 saturated heterocycles. The molecule has 1 aromatic rings. The summed E-state index contributed by atoms with van der Waals surface area (Å²) in [6, 6.07) is 3.24. The van der Waals surface area contributed by atoms with Crippen LogP contribution < -0.4 is 0 Å². The molecule has 4 heteroatoms. The van der Waals surface area contributed by atoms with E-state index in [1.54, 1.807) is 11.0 Å². The number of fused-ring (bicyclic) bond motifs is 1. The van der Waals surface area contributed by atoms with Crippen molar-refractivity contribution < 1.29 is 9.18 Å². The van der Waals surface area contributed by atoms with Crippen LogP contribution in [0.3, 0.4) is 0 Å². The van der Waals surface area contributed by atoms with Crippen LogP contribution in [0, 0.1) is 5.82 Å². The van der Waals surface area contributed by atoms with Gasteiger partial charge in [0.25, 0.3) is 5.91 Å². The van der Waals surface area contributed by atoms with E-state index in [4.69, 9.17) is 0 Å². The summed E-state index contributed by atoms with van der Waals surface area (Å²) in [4.78, 5) is 13.5. The summed E-state index contributed by atoms with van der Waals surface area (Å²) >= 11 is 3.22. The molecular formula is C11H11BrFNO. The van der Waals surface area contributed by atoms with Crippen molar-refractivity contribution in [3.63, 3.8) is 0 Å². The number of benzene rings is 1. The van der Waals surface area contributed by atoms with Gasteiger partial charge in [-0.15, -0.1) is 0 Å². The Hall–Kier alpha value is -0.900. The summed E-state index contributed by atoms with van der Waals surface area (Å²) in [6.07, 6.45) is 0. The van der Waals surface area contributed by atoms with E-state index < -0.39 is 5.82 Å². The predicted molar refractivity (Wildman–Crippen MR) is 59.1 cm³/mol. The molecule has 2 nitrogen and oxygen atoms in total. The van der Waals surface area contributed by atoms with Gasteiger partial charge in [0, 0.05) is 17.1 Å². The fourth-order valence-corrected chi connectivity index (χ4v) is 2.28. The summed E-state index contributed by atoms with van der Waals surface area (Å²) in [5.41, 5.74) is 0.993.